The molecule has 1 aromatic carbocycles. The number of carbonyl (C=O) groups is 1. The Morgan fingerprint density at radius 1 is 1.52 bits per heavy atom. The predicted octanol–water partition coefficient (Wildman–Crippen LogP) is 2.15. The van der Waals surface area contributed by atoms with Crippen LogP contribution in [0.1, 0.15) is 12.0 Å². The SMILES string of the molecule is N/C(=N/O)c1ccc(NC(=O)CCOCC(F)F)c(Br)c1. The maximum Gasteiger partial charge on any atom is 0.261 e. The van der Waals surface area contributed by atoms with E-state index in [2.05, 4.69) is 31.1 Å². The summed E-state index contributed by atoms with van der Waals surface area (Å²) in [4.78, 5) is 11.6. The fourth-order valence-electron chi connectivity index (χ4n) is 1.38. The molecule has 0 aliphatic rings. The maximum atomic E-state index is 11.8. The predicted molar refractivity (Wildman–Crippen MR) is 76.7 cm³/mol. The minimum absolute atomic E-state index is 0.0405. The van der Waals surface area contributed by atoms with Gasteiger partial charge in [0.1, 0.15) is 6.61 Å². The average Bonchev–Trinajstić information content (AvgIpc) is 2.44. The molecule has 0 spiro atoms. The van der Waals surface area contributed by atoms with Crippen LogP contribution in [0, 0.1) is 0 Å². The molecule has 0 aliphatic carbocycles. The van der Waals surface area contributed by atoms with Crippen molar-refractivity contribution in [2.45, 2.75) is 12.8 Å². The lowest BCUT2D eigenvalue weighted by atomic mass is 10.2. The Balaban J connectivity index is 2.53. The second-order valence-electron chi connectivity index (χ2n) is 3.94. The van der Waals surface area contributed by atoms with Crippen LogP contribution in [0.3, 0.4) is 0 Å². The lowest BCUT2D eigenvalue weighted by Gasteiger charge is -2.09. The van der Waals surface area contributed by atoms with E-state index in [-0.39, 0.29) is 24.8 Å². The summed E-state index contributed by atoms with van der Waals surface area (Å²) in [7, 11) is 0. The molecule has 0 unspecified atom stereocenters. The number of hydrogen-bond acceptors (Lipinski definition) is 4. The molecule has 0 saturated heterocycles. The van der Waals surface area contributed by atoms with Crippen LogP contribution >= 0.6 is 15.9 Å². The molecule has 0 atom stereocenters. The molecule has 9 heteroatoms. The Morgan fingerprint density at radius 2 is 2.24 bits per heavy atom. The van der Waals surface area contributed by atoms with Gasteiger partial charge < -0.3 is 21.0 Å². The quantitative estimate of drug-likeness (QED) is 0.227. The van der Waals surface area contributed by atoms with Crippen molar-refractivity contribution in [3.8, 4) is 0 Å². The van der Waals surface area contributed by atoms with Crippen LogP contribution in [0.2, 0.25) is 0 Å². The van der Waals surface area contributed by atoms with Crippen molar-refractivity contribution in [1.82, 2.24) is 0 Å². The molecule has 4 N–H and O–H groups in total. The number of amides is 1. The molecule has 6 nitrogen and oxygen atoms in total. The number of alkyl halides is 2. The molecule has 116 valence electrons. The van der Waals surface area contributed by atoms with Crippen molar-refractivity contribution in [3.05, 3.63) is 28.2 Å². The number of halogens is 3. The summed E-state index contributed by atoms with van der Waals surface area (Å²) in [6, 6.07) is 4.69. The van der Waals surface area contributed by atoms with Gasteiger partial charge in [-0.15, -0.1) is 0 Å². The van der Waals surface area contributed by atoms with E-state index in [0.29, 0.717) is 15.7 Å². The number of oxime groups is 1. The summed E-state index contributed by atoms with van der Waals surface area (Å²) in [6.45, 7) is -0.776. The van der Waals surface area contributed by atoms with E-state index < -0.39 is 13.0 Å². The smallest absolute Gasteiger partial charge is 0.261 e. The Bertz CT molecular complexity index is 526. The zero-order valence-corrected chi connectivity index (χ0v) is 12.4. The summed E-state index contributed by atoms with van der Waals surface area (Å²) in [6.07, 6.45) is -2.59. The van der Waals surface area contributed by atoms with Crippen molar-refractivity contribution in [3.63, 3.8) is 0 Å². The summed E-state index contributed by atoms with van der Waals surface area (Å²) < 4.78 is 28.8. The number of benzene rings is 1. The fraction of sp³-hybridized carbons (Fsp3) is 0.333. The van der Waals surface area contributed by atoms with Crippen LogP contribution in [0.5, 0.6) is 0 Å². The number of nitrogens with one attached hydrogen (secondary N) is 1. The molecule has 1 amide bonds. The molecular formula is C12H14BrF2N3O3. The topological polar surface area (TPSA) is 96.9 Å². The summed E-state index contributed by atoms with van der Waals surface area (Å²) in [5.41, 5.74) is 6.38. The first kappa shape index (κ1) is 17.3. The molecule has 0 fully saturated rings. The normalized spacial score (nSPS) is 11.7. The monoisotopic (exact) mass is 365 g/mol. The molecule has 0 aliphatic heterocycles. The van der Waals surface area contributed by atoms with Crippen LogP contribution in [0.15, 0.2) is 27.8 Å². The number of amidine groups is 1. The molecule has 1 aromatic rings. The number of anilines is 1. The van der Waals surface area contributed by atoms with E-state index in [1.165, 1.54) is 0 Å². The summed E-state index contributed by atoms with van der Waals surface area (Å²) in [5, 5.41) is 14.0. The van der Waals surface area contributed by atoms with Gasteiger partial charge in [0.05, 0.1) is 18.7 Å². The van der Waals surface area contributed by atoms with Gasteiger partial charge in [-0.2, -0.15) is 0 Å². The number of nitrogens with two attached hydrogens (primary N) is 1. The summed E-state index contributed by atoms with van der Waals surface area (Å²) >= 11 is 3.24. The van der Waals surface area contributed by atoms with Crippen molar-refractivity contribution >= 4 is 33.4 Å². The van der Waals surface area contributed by atoms with Gasteiger partial charge >= 0.3 is 0 Å². The lowest BCUT2D eigenvalue weighted by Crippen LogP contribution is -2.17. The number of nitrogens with zero attached hydrogens (tertiary/aromatic N) is 1. The molecule has 0 heterocycles. The van der Waals surface area contributed by atoms with Gasteiger partial charge in [0.25, 0.3) is 6.43 Å². The number of rotatable bonds is 7. The van der Waals surface area contributed by atoms with Gasteiger partial charge in [0, 0.05) is 10.0 Å². The van der Waals surface area contributed by atoms with E-state index >= 15 is 0 Å². The molecule has 0 saturated carbocycles. The Hall–Kier alpha value is -1.74. The van der Waals surface area contributed by atoms with Gasteiger partial charge in [-0.1, -0.05) is 5.16 Å². The minimum Gasteiger partial charge on any atom is -0.409 e. The van der Waals surface area contributed by atoms with E-state index in [1.807, 2.05) is 0 Å². The third kappa shape index (κ3) is 6.05. The van der Waals surface area contributed by atoms with Crippen molar-refractivity contribution in [2.24, 2.45) is 10.9 Å². The highest BCUT2D eigenvalue weighted by Crippen LogP contribution is 2.23. The number of carbonyl (C=O) groups excluding carboxylic acids is 1. The minimum atomic E-state index is -2.55. The second kappa shape index (κ2) is 8.53. The second-order valence-corrected chi connectivity index (χ2v) is 4.80. The Kier molecular flexibility index (Phi) is 7.03. The van der Waals surface area contributed by atoms with Crippen LogP contribution in [-0.4, -0.2) is 36.6 Å². The third-order valence-electron chi connectivity index (χ3n) is 2.36. The van der Waals surface area contributed by atoms with Crippen molar-refractivity contribution < 1.29 is 23.5 Å². The first-order valence-corrected chi connectivity index (χ1v) is 6.66. The van der Waals surface area contributed by atoms with Gasteiger partial charge in [-0.3, -0.25) is 4.79 Å². The molecule has 0 aromatic heterocycles. The van der Waals surface area contributed by atoms with E-state index in [9.17, 15) is 13.6 Å². The van der Waals surface area contributed by atoms with Crippen LogP contribution in [0.25, 0.3) is 0 Å². The number of ether oxygens (including phenoxy) is 1. The standard InChI is InChI=1S/C12H14BrF2N3O3/c13-8-5-7(12(16)18-20)1-2-9(8)17-11(19)3-4-21-6-10(14)15/h1-2,5,10,20H,3-4,6H2,(H2,16,18)(H,17,19). The highest BCUT2D eigenvalue weighted by atomic mass is 79.9. The van der Waals surface area contributed by atoms with Crippen LogP contribution < -0.4 is 11.1 Å². The Labute approximate surface area is 128 Å². The average molecular weight is 366 g/mol. The lowest BCUT2D eigenvalue weighted by molar-refractivity contribution is -0.117. The van der Waals surface area contributed by atoms with Crippen LogP contribution in [0.4, 0.5) is 14.5 Å². The van der Waals surface area contributed by atoms with Gasteiger partial charge in [0.2, 0.25) is 5.91 Å². The zero-order valence-electron chi connectivity index (χ0n) is 10.9. The Morgan fingerprint density at radius 3 is 2.81 bits per heavy atom. The first-order valence-electron chi connectivity index (χ1n) is 5.87. The van der Waals surface area contributed by atoms with Gasteiger partial charge in [0.15, 0.2) is 5.84 Å². The largest absolute Gasteiger partial charge is 0.409 e. The van der Waals surface area contributed by atoms with E-state index in [4.69, 9.17) is 10.9 Å². The third-order valence-corrected chi connectivity index (χ3v) is 3.02. The van der Waals surface area contributed by atoms with Crippen LogP contribution in [-0.2, 0) is 9.53 Å². The van der Waals surface area contributed by atoms with E-state index in [1.54, 1.807) is 18.2 Å². The van der Waals surface area contributed by atoms with Gasteiger partial charge in [-0.05, 0) is 34.1 Å². The molecule has 0 radical (unpaired) electrons. The highest BCUT2D eigenvalue weighted by molar-refractivity contribution is 9.10. The zero-order chi connectivity index (χ0) is 15.8. The summed E-state index contributed by atoms with van der Waals surface area (Å²) in [5.74, 6) is -0.435. The highest BCUT2D eigenvalue weighted by Gasteiger charge is 2.09. The first-order chi connectivity index (χ1) is 9.93. The number of hydrogen-bond donors (Lipinski definition) is 3. The van der Waals surface area contributed by atoms with E-state index in [0.717, 1.165) is 0 Å². The molecule has 0 bridgehead atoms. The molecule has 21 heavy (non-hydrogen) atoms. The maximum absolute atomic E-state index is 11.8. The van der Waals surface area contributed by atoms with Crippen molar-refractivity contribution in [2.75, 3.05) is 18.5 Å². The molecular weight excluding hydrogens is 352 g/mol. The fourth-order valence-corrected chi connectivity index (χ4v) is 1.86. The van der Waals surface area contributed by atoms with Crippen molar-refractivity contribution in [1.29, 1.82) is 0 Å². The molecule has 1 rings (SSSR count). The van der Waals surface area contributed by atoms with Gasteiger partial charge in [-0.25, -0.2) is 8.78 Å².